The van der Waals surface area contributed by atoms with E-state index in [0.29, 0.717) is 11.1 Å². The van der Waals surface area contributed by atoms with Crippen molar-refractivity contribution < 1.29 is 4.74 Å². The van der Waals surface area contributed by atoms with Gasteiger partial charge in [-0.15, -0.1) is 0 Å². The van der Waals surface area contributed by atoms with Crippen molar-refractivity contribution in [2.45, 2.75) is 38.1 Å². The van der Waals surface area contributed by atoms with Crippen LogP contribution in [0.1, 0.15) is 32.1 Å². The molecule has 0 unspecified atom stereocenters. The zero-order valence-electron chi connectivity index (χ0n) is 17.6. The smallest absolute Gasteiger partial charge is 0.139 e. The molecule has 0 spiro atoms. The quantitative estimate of drug-likeness (QED) is 0.367. The van der Waals surface area contributed by atoms with Gasteiger partial charge in [-0.1, -0.05) is 61.2 Å². The highest BCUT2D eigenvalue weighted by molar-refractivity contribution is 6.33. The monoisotopic (exact) mass is 431 g/mol. The van der Waals surface area contributed by atoms with Crippen molar-refractivity contribution in [2.75, 3.05) is 12.4 Å². The topological polar surface area (TPSA) is 38.6 Å². The molecule has 1 aliphatic carbocycles. The average molecular weight is 432 g/mol. The maximum Gasteiger partial charge on any atom is 0.139 e. The van der Waals surface area contributed by atoms with Crippen molar-refractivity contribution >= 4 is 23.1 Å². The van der Waals surface area contributed by atoms with Gasteiger partial charge in [0.2, 0.25) is 0 Å². The molecule has 0 atom stereocenters. The molecule has 1 saturated carbocycles. The molecule has 0 amide bonds. The van der Waals surface area contributed by atoms with Gasteiger partial charge >= 0.3 is 0 Å². The van der Waals surface area contributed by atoms with Crippen LogP contribution in [0.5, 0.6) is 5.75 Å². The molecule has 4 nitrogen and oxygen atoms in total. The van der Waals surface area contributed by atoms with Crippen LogP contribution in [0, 0.1) is 0 Å². The molecule has 5 heteroatoms. The number of hydrogen-bond donors (Lipinski definition) is 1. The summed E-state index contributed by atoms with van der Waals surface area (Å²) >= 11 is 6.57. The Kier molecular flexibility index (Phi) is 5.56. The number of hydrogen-bond acceptors (Lipinski definition) is 3. The number of halogens is 1. The van der Waals surface area contributed by atoms with Gasteiger partial charge in [0.15, 0.2) is 0 Å². The lowest BCUT2D eigenvalue weighted by molar-refractivity contribution is 0.415. The first-order chi connectivity index (χ1) is 15.2. The summed E-state index contributed by atoms with van der Waals surface area (Å²) < 4.78 is 7.48. The fourth-order valence-corrected chi connectivity index (χ4v) is 4.64. The molecule has 1 fully saturated rings. The van der Waals surface area contributed by atoms with Crippen LogP contribution in [-0.2, 0) is 0 Å². The van der Waals surface area contributed by atoms with Crippen LogP contribution in [0.25, 0.3) is 28.0 Å². The number of pyridine rings is 1. The molecule has 0 bridgehead atoms. The Hall–Kier alpha value is -2.98. The van der Waals surface area contributed by atoms with E-state index < -0.39 is 0 Å². The Labute approximate surface area is 187 Å². The number of nitrogens with zero attached hydrogens (tertiary/aromatic N) is 2. The van der Waals surface area contributed by atoms with Crippen LogP contribution in [0.15, 0.2) is 66.9 Å². The van der Waals surface area contributed by atoms with E-state index in [0.717, 1.165) is 39.6 Å². The zero-order valence-corrected chi connectivity index (χ0v) is 18.4. The van der Waals surface area contributed by atoms with E-state index in [1.165, 1.54) is 32.1 Å². The van der Waals surface area contributed by atoms with Crippen LogP contribution >= 0.6 is 11.6 Å². The van der Waals surface area contributed by atoms with E-state index in [-0.39, 0.29) is 0 Å². The van der Waals surface area contributed by atoms with E-state index in [9.17, 15) is 0 Å². The summed E-state index contributed by atoms with van der Waals surface area (Å²) in [6.45, 7) is 0. The normalized spacial score (nSPS) is 14.6. The largest absolute Gasteiger partial charge is 0.497 e. The number of anilines is 1. The van der Waals surface area contributed by atoms with Gasteiger partial charge in [-0.05, 0) is 54.3 Å². The second kappa shape index (κ2) is 8.64. The summed E-state index contributed by atoms with van der Waals surface area (Å²) in [5.74, 6) is 1.87. The molecule has 2 aromatic heterocycles. The minimum absolute atomic E-state index is 0.458. The third kappa shape index (κ3) is 4.00. The van der Waals surface area contributed by atoms with Crippen molar-refractivity contribution in [3.8, 4) is 28.1 Å². The molecule has 1 N–H and O–H groups in total. The minimum atomic E-state index is 0.458. The van der Waals surface area contributed by atoms with Crippen molar-refractivity contribution in [3.05, 3.63) is 71.9 Å². The number of imidazole rings is 1. The minimum Gasteiger partial charge on any atom is -0.497 e. The maximum atomic E-state index is 6.57. The highest BCUT2D eigenvalue weighted by Crippen LogP contribution is 2.36. The zero-order chi connectivity index (χ0) is 21.2. The highest BCUT2D eigenvalue weighted by Gasteiger charge is 2.21. The number of nitrogens with one attached hydrogen (secondary N) is 1. The predicted octanol–water partition coefficient (Wildman–Crippen LogP) is 7.07. The van der Waals surface area contributed by atoms with Gasteiger partial charge in [-0.3, -0.25) is 4.40 Å². The molecular weight excluding hydrogens is 406 g/mol. The van der Waals surface area contributed by atoms with Gasteiger partial charge in [0.25, 0.3) is 0 Å². The first-order valence-electron chi connectivity index (χ1n) is 10.9. The van der Waals surface area contributed by atoms with Gasteiger partial charge < -0.3 is 10.1 Å². The van der Waals surface area contributed by atoms with E-state index in [2.05, 4.69) is 40.2 Å². The van der Waals surface area contributed by atoms with E-state index in [4.69, 9.17) is 21.3 Å². The second-order valence-corrected chi connectivity index (χ2v) is 8.55. The SMILES string of the molecule is COc1ccc(-c2ccc3nc(-c4ccccc4Cl)c(NC4CCCCC4)n3c2)cc1. The van der Waals surface area contributed by atoms with Gasteiger partial charge in [0.1, 0.15) is 22.9 Å². The van der Waals surface area contributed by atoms with Gasteiger partial charge in [-0.2, -0.15) is 0 Å². The number of methoxy groups -OCH3 is 1. The van der Waals surface area contributed by atoms with Gasteiger partial charge in [0, 0.05) is 17.8 Å². The summed E-state index contributed by atoms with van der Waals surface area (Å²) in [7, 11) is 1.69. The van der Waals surface area contributed by atoms with Crippen LogP contribution in [0.4, 0.5) is 5.82 Å². The molecule has 2 heterocycles. The Bertz CT molecular complexity index is 1190. The average Bonchev–Trinajstić information content (AvgIpc) is 3.17. The predicted molar refractivity (Wildman–Crippen MR) is 128 cm³/mol. The van der Waals surface area contributed by atoms with E-state index in [1.54, 1.807) is 7.11 Å². The van der Waals surface area contributed by atoms with Crippen LogP contribution in [-0.4, -0.2) is 22.5 Å². The van der Waals surface area contributed by atoms with Crippen molar-refractivity contribution in [2.24, 2.45) is 0 Å². The first-order valence-corrected chi connectivity index (χ1v) is 11.3. The molecule has 158 valence electrons. The van der Waals surface area contributed by atoms with Gasteiger partial charge in [-0.25, -0.2) is 4.98 Å². The first kappa shape index (κ1) is 20.0. The number of aromatic nitrogens is 2. The Balaban J connectivity index is 1.63. The lowest BCUT2D eigenvalue weighted by Crippen LogP contribution is -2.23. The molecule has 0 saturated heterocycles. The number of ether oxygens (including phenoxy) is 1. The summed E-state index contributed by atoms with van der Waals surface area (Å²) in [6, 6.07) is 20.7. The Morgan fingerprint density at radius 2 is 1.68 bits per heavy atom. The molecular formula is C26H26ClN3O. The summed E-state index contributed by atoms with van der Waals surface area (Å²) in [6.07, 6.45) is 8.40. The highest BCUT2D eigenvalue weighted by atomic mass is 35.5. The lowest BCUT2D eigenvalue weighted by atomic mass is 9.95. The maximum absolute atomic E-state index is 6.57. The molecule has 5 rings (SSSR count). The molecule has 0 aliphatic heterocycles. The number of benzene rings is 2. The van der Waals surface area contributed by atoms with E-state index in [1.807, 2.05) is 36.4 Å². The van der Waals surface area contributed by atoms with Crippen molar-refractivity contribution in [1.82, 2.24) is 9.38 Å². The Morgan fingerprint density at radius 3 is 2.42 bits per heavy atom. The fraction of sp³-hybridized carbons (Fsp3) is 0.269. The summed E-state index contributed by atoms with van der Waals surface area (Å²) in [4.78, 5) is 4.97. The third-order valence-electron chi connectivity index (χ3n) is 6.12. The van der Waals surface area contributed by atoms with Crippen LogP contribution in [0.2, 0.25) is 5.02 Å². The molecule has 2 aromatic carbocycles. The van der Waals surface area contributed by atoms with Gasteiger partial charge in [0.05, 0.1) is 12.1 Å². The van der Waals surface area contributed by atoms with Crippen molar-refractivity contribution in [1.29, 1.82) is 0 Å². The number of rotatable bonds is 5. The standard InChI is InChI=1S/C26H26ClN3O/c1-31-21-14-11-18(12-15-21)19-13-16-24-29-25(22-9-5-6-10-23(22)27)26(30(24)17-19)28-20-7-3-2-4-8-20/h5-6,9-17,20,28H,2-4,7-8H2,1H3. The van der Waals surface area contributed by atoms with E-state index >= 15 is 0 Å². The molecule has 0 radical (unpaired) electrons. The molecule has 1 aliphatic rings. The van der Waals surface area contributed by atoms with Crippen LogP contribution < -0.4 is 10.1 Å². The second-order valence-electron chi connectivity index (χ2n) is 8.14. The summed E-state index contributed by atoms with van der Waals surface area (Å²) in [5, 5.41) is 4.53. The third-order valence-corrected chi connectivity index (χ3v) is 6.45. The fourth-order valence-electron chi connectivity index (χ4n) is 4.42. The molecule has 4 aromatic rings. The van der Waals surface area contributed by atoms with Crippen molar-refractivity contribution in [3.63, 3.8) is 0 Å². The Morgan fingerprint density at radius 1 is 0.935 bits per heavy atom. The van der Waals surface area contributed by atoms with Crippen LogP contribution in [0.3, 0.4) is 0 Å². The lowest BCUT2D eigenvalue weighted by Gasteiger charge is -2.24. The number of fused-ring (bicyclic) bond motifs is 1. The molecule has 31 heavy (non-hydrogen) atoms. The summed E-state index contributed by atoms with van der Waals surface area (Å²) in [5.41, 5.74) is 5.04.